The number of rotatable bonds is 8. The minimum Gasteiger partial charge on any atom is -0.491 e. The van der Waals surface area contributed by atoms with Gasteiger partial charge in [0.25, 0.3) is 0 Å². The van der Waals surface area contributed by atoms with E-state index < -0.39 is 6.10 Å². The second-order valence-electron chi connectivity index (χ2n) is 5.34. The summed E-state index contributed by atoms with van der Waals surface area (Å²) in [6, 6.07) is 14.0. The number of para-hydroxylation sites is 3. The van der Waals surface area contributed by atoms with E-state index in [1.54, 1.807) is 54.6 Å². The molecule has 0 saturated heterocycles. The quantitative estimate of drug-likeness (QED) is 0.435. The summed E-state index contributed by atoms with van der Waals surface area (Å²) in [4.78, 5) is 11.9. The zero-order chi connectivity index (χ0) is 18.1. The topological polar surface area (TPSA) is 105 Å². The van der Waals surface area contributed by atoms with E-state index in [0.717, 1.165) is 0 Å². The fraction of sp³-hybridized carbons (Fsp3) is 0.211. The van der Waals surface area contributed by atoms with Gasteiger partial charge in [0.05, 0.1) is 24.1 Å². The van der Waals surface area contributed by atoms with E-state index in [1.807, 2.05) is 0 Å². The van der Waals surface area contributed by atoms with Crippen molar-refractivity contribution >= 4 is 17.3 Å². The Morgan fingerprint density at radius 1 is 1.20 bits per heavy atom. The molecule has 5 N–H and O–H groups in total. The van der Waals surface area contributed by atoms with Crippen LogP contribution in [-0.2, 0) is 4.79 Å². The van der Waals surface area contributed by atoms with Crippen LogP contribution in [0.2, 0.25) is 0 Å². The van der Waals surface area contributed by atoms with Gasteiger partial charge in [0.15, 0.2) is 0 Å². The molecule has 2 aromatic carbocycles. The van der Waals surface area contributed by atoms with E-state index in [0.29, 0.717) is 22.7 Å². The van der Waals surface area contributed by atoms with E-state index in [1.165, 1.54) is 6.08 Å². The molecule has 0 saturated carbocycles. The number of hydrogen-bond donors (Lipinski definition) is 4. The summed E-state index contributed by atoms with van der Waals surface area (Å²) < 4.78 is 5.40. The molecule has 1 amide bonds. The molecule has 0 aromatic heterocycles. The van der Waals surface area contributed by atoms with Crippen molar-refractivity contribution in [3.05, 3.63) is 66.2 Å². The monoisotopic (exact) mass is 342 g/mol. The van der Waals surface area contributed by atoms with Gasteiger partial charge in [-0.1, -0.05) is 36.4 Å². The van der Waals surface area contributed by atoms with E-state index in [2.05, 4.69) is 5.32 Å². The lowest BCUT2D eigenvalue weighted by Crippen LogP contribution is -2.10. The van der Waals surface area contributed by atoms with Crippen LogP contribution in [0, 0.1) is 0 Å². The third kappa shape index (κ3) is 5.63. The summed E-state index contributed by atoms with van der Waals surface area (Å²) in [6.07, 6.45) is 2.37. The smallest absolute Gasteiger partial charge is 0.248 e. The molecule has 0 aliphatic carbocycles. The van der Waals surface area contributed by atoms with Gasteiger partial charge in [-0.3, -0.25) is 4.79 Å². The fourth-order valence-electron chi connectivity index (χ4n) is 2.26. The Bertz CT molecular complexity index is 731. The highest BCUT2D eigenvalue weighted by Gasteiger charge is 2.12. The summed E-state index contributed by atoms with van der Waals surface area (Å²) >= 11 is 0. The fourth-order valence-corrected chi connectivity index (χ4v) is 2.26. The maximum atomic E-state index is 11.9. The number of benzene rings is 2. The summed E-state index contributed by atoms with van der Waals surface area (Å²) in [5.41, 5.74) is 7.40. The van der Waals surface area contributed by atoms with Gasteiger partial charge >= 0.3 is 0 Å². The predicted molar refractivity (Wildman–Crippen MR) is 97.2 cm³/mol. The highest BCUT2D eigenvalue weighted by molar-refractivity contribution is 6.01. The van der Waals surface area contributed by atoms with Crippen molar-refractivity contribution in [1.82, 2.24) is 0 Å². The molecule has 0 bridgehead atoms. The number of aliphatic hydroxyl groups is 2. The first-order valence-electron chi connectivity index (χ1n) is 7.94. The van der Waals surface area contributed by atoms with Gasteiger partial charge in [-0.05, 0) is 30.7 Å². The third-order valence-corrected chi connectivity index (χ3v) is 3.47. The van der Waals surface area contributed by atoms with Crippen LogP contribution in [0.5, 0.6) is 5.75 Å². The number of hydrogen-bond acceptors (Lipinski definition) is 5. The minimum atomic E-state index is -0.819. The van der Waals surface area contributed by atoms with Crippen LogP contribution in [0.25, 0.3) is 0 Å². The maximum absolute atomic E-state index is 11.9. The lowest BCUT2D eigenvalue weighted by molar-refractivity contribution is -0.111. The van der Waals surface area contributed by atoms with Crippen molar-refractivity contribution < 1.29 is 19.7 Å². The predicted octanol–water partition coefficient (Wildman–Crippen LogP) is 2.26. The lowest BCUT2D eigenvalue weighted by Gasteiger charge is -2.14. The maximum Gasteiger partial charge on any atom is 0.248 e. The van der Waals surface area contributed by atoms with E-state index in [4.69, 9.17) is 15.6 Å². The number of carbonyl (C=O) groups excluding carboxylic acids is 1. The lowest BCUT2D eigenvalue weighted by atomic mass is 10.1. The van der Waals surface area contributed by atoms with Crippen molar-refractivity contribution in [2.75, 3.05) is 24.3 Å². The summed E-state index contributed by atoms with van der Waals surface area (Å²) in [6.45, 7) is 0.0492. The summed E-state index contributed by atoms with van der Waals surface area (Å²) in [7, 11) is 0. The molecule has 0 fully saturated rings. The van der Waals surface area contributed by atoms with Crippen LogP contribution >= 0.6 is 0 Å². The van der Waals surface area contributed by atoms with Gasteiger partial charge in [0.2, 0.25) is 5.91 Å². The third-order valence-electron chi connectivity index (χ3n) is 3.47. The largest absolute Gasteiger partial charge is 0.491 e. The van der Waals surface area contributed by atoms with Gasteiger partial charge in [-0.15, -0.1) is 0 Å². The van der Waals surface area contributed by atoms with Crippen LogP contribution in [-0.4, -0.2) is 29.3 Å². The van der Waals surface area contributed by atoms with Crippen LogP contribution in [0.4, 0.5) is 11.4 Å². The molecule has 0 spiro atoms. The SMILES string of the molecule is Nc1ccccc1NC(=O)/C=C/C[C@@H](O)c1ccccc1OCCO. The molecule has 6 nitrogen and oxygen atoms in total. The molecular weight excluding hydrogens is 320 g/mol. The number of nitrogens with one attached hydrogen (secondary N) is 1. The van der Waals surface area contributed by atoms with E-state index in [9.17, 15) is 9.90 Å². The van der Waals surface area contributed by atoms with E-state index in [-0.39, 0.29) is 25.5 Å². The first-order chi connectivity index (χ1) is 12.1. The number of anilines is 2. The molecule has 0 aliphatic heterocycles. The Morgan fingerprint density at radius 3 is 2.68 bits per heavy atom. The van der Waals surface area contributed by atoms with Gasteiger partial charge in [0.1, 0.15) is 12.4 Å². The van der Waals surface area contributed by atoms with Crippen molar-refractivity contribution in [2.24, 2.45) is 0 Å². The summed E-state index contributed by atoms with van der Waals surface area (Å²) in [5, 5.41) is 21.8. The normalized spacial score (nSPS) is 12.1. The average molecular weight is 342 g/mol. The van der Waals surface area contributed by atoms with Crippen molar-refractivity contribution in [3.63, 3.8) is 0 Å². The van der Waals surface area contributed by atoms with Crippen LogP contribution < -0.4 is 15.8 Å². The molecule has 0 heterocycles. The first kappa shape index (κ1) is 18.5. The van der Waals surface area contributed by atoms with Crippen molar-refractivity contribution in [1.29, 1.82) is 0 Å². The molecular formula is C19H22N2O4. The van der Waals surface area contributed by atoms with Crippen LogP contribution in [0.15, 0.2) is 60.7 Å². The van der Waals surface area contributed by atoms with Crippen molar-refractivity contribution in [3.8, 4) is 5.75 Å². The Balaban J connectivity index is 1.93. The van der Waals surface area contributed by atoms with Gasteiger partial charge in [-0.25, -0.2) is 0 Å². The number of nitrogen functional groups attached to an aromatic ring is 1. The molecule has 25 heavy (non-hydrogen) atoms. The zero-order valence-corrected chi connectivity index (χ0v) is 13.8. The standard InChI is InChI=1S/C19H22N2O4/c20-15-7-2-3-8-16(15)21-19(24)11-5-9-17(23)14-6-1-4-10-18(14)25-13-12-22/h1-8,10-11,17,22-23H,9,12-13,20H2,(H,21,24)/b11-5+/t17-/m1/s1. The second-order valence-corrected chi connectivity index (χ2v) is 5.34. The van der Waals surface area contributed by atoms with Gasteiger partial charge < -0.3 is 26.0 Å². The molecule has 1 atom stereocenters. The number of aliphatic hydroxyl groups excluding tert-OH is 2. The van der Waals surface area contributed by atoms with E-state index >= 15 is 0 Å². The Labute approximate surface area is 146 Å². The zero-order valence-electron chi connectivity index (χ0n) is 13.8. The Morgan fingerprint density at radius 2 is 1.92 bits per heavy atom. The minimum absolute atomic E-state index is 0.104. The second kappa shape index (κ2) is 9.46. The Hall–Kier alpha value is -2.83. The summed E-state index contributed by atoms with van der Waals surface area (Å²) in [5.74, 6) is 0.189. The number of ether oxygens (including phenoxy) is 1. The molecule has 0 radical (unpaired) electrons. The van der Waals surface area contributed by atoms with Gasteiger partial charge in [0, 0.05) is 5.56 Å². The number of amides is 1. The van der Waals surface area contributed by atoms with Crippen LogP contribution in [0.1, 0.15) is 18.1 Å². The molecule has 2 aromatic rings. The highest BCUT2D eigenvalue weighted by Crippen LogP contribution is 2.27. The van der Waals surface area contributed by atoms with Gasteiger partial charge in [-0.2, -0.15) is 0 Å². The number of carbonyl (C=O) groups is 1. The first-order valence-corrected chi connectivity index (χ1v) is 7.94. The molecule has 2 rings (SSSR count). The molecule has 132 valence electrons. The molecule has 0 aliphatic rings. The van der Waals surface area contributed by atoms with Crippen molar-refractivity contribution in [2.45, 2.75) is 12.5 Å². The molecule has 0 unspecified atom stereocenters. The number of nitrogens with two attached hydrogens (primary N) is 1. The highest BCUT2D eigenvalue weighted by atomic mass is 16.5. The molecule has 6 heteroatoms. The average Bonchev–Trinajstić information content (AvgIpc) is 2.62. The Kier molecular flexibility index (Phi) is 7.00. The van der Waals surface area contributed by atoms with Crippen LogP contribution in [0.3, 0.4) is 0 Å².